The van der Waals surface area contributed by atoms with Crippen LogP contribution in [0.15, 0.2) is 124 Å². The van der Waals surface area contributed by atoms with Crippen LogP contribution >= 0.6 is 0 Å². The van der Waals surface area contributed by atoms with Crippen LogP contribution in [0.4, 0.5) is 0 Å². The summed E-state index contributed by atoms with van der Waals surface area (Å²) in [6, 6.07) is 37.1. The molecule has 4 heterocycles. The maximum atomic E-state index is 13.9. The number of nitrogens with zero attached hydrogens (tertiary/aromatic N) is 2. The fourth-order valence-corrected chi connectivity index (χ4v) is 8.78. The molecule has 4 N–H and O–H groups in total. The number of carbonyl (C=O) groups is 2. The van der Waals surface area contributed by atoms with E-state index in [-0.39, 0.29) is 28.7 Å². The number of carbonyl (C=O) groups excluding carboxylic acids is 2. The fraction of sp³-hybridized carbons (Fsp3) is 0.255. The van der Waals surface area contributed by atoms with E-state index in [1.165, 1.54) is 17.2 Å². The second-order valence-electron chi connectivity index (χ2n) is 15.6. The third-order valence-corrected chi connectivity index (χ3v) is 12.0. The largest absolute Gasteiger partial charge is 0.632 e. The lowest BCUT2D eigenvalue weighted by Gasteiger charge is -2.32. The zero-order chi connectivity index (χ0) is 39.8. The number of fused-ring (bicyclic) bond motifs is 3. The molecule has 292 valence electrons. The van der Waals surface area contributed by atoms with E-state index < -0.39 is 12.7 Å². The molecule has 6 aromatic rings. The van der Waals surface area contributed by atoms with Gasteiger partial charge in [0.15, 0.2) is 11.3 Å². The van der Waals surface area contributed by atoms with Crippen LogP contribution in [-0.4, -0.2) is 54.9 Å². The summed E-state index contributed by atoms with van der Waals surface area (Å²) < 4.78 is 18.3. The van der Waals surface area contributed by atoms with Crippen molar-refractivity contribution in [3.63, 3.8) is 0 Å². The highest BCUT2D eigenvalue weighted by Gasteiger charge is 2.37. The summed E-state index contributed by atoms with van der Waals surface area (Å²) in [6.45, 7) is 3.55. The predicted molar refractivity (Wildman–Crippen MR) is 225 cm³/mol. The Morgan fingerprint density at radius 2 is 1.22 bits per heavy atom. The van der Waals surface area contributed by atoms with Crippen LogP contribution in [0.5, 0.6) is 11.5 Å². The minimum absolute atomic E-state index is 0.0226. The zero-order valence-electron chi connectivity index (χ0n) is 32.3. The van der Waals surface area contributed by atoms with Crippen LogP contribution in [0.2, 0.25) is 0 Å². The van der Waals surface area contributed by atoms with Gasteiger partial charge in [-0.1, -0.05) is 84.9 Å². The molecule has 11 heteroatoms. The van der Waals surface area contributed by atoms with Gasteiger partial charge in [0.05, 0.1) is 5.56 Å². The molecule has 2 saturated heterocycles. The smallest absolute Gasteiger partial charge is 0.519 e. The van der Waals surface area contributed by atoms with Crippen molar-refractivity contribution in [1.29, 1.82) is 0 Å². The summed E-state index contributed by atoms with van der Waals surface area (Å²) in [6.07, 6.45) is 3.45. The number of rotatable bonds is 8. The maximum Gasteiger partial charge on any atom is 0.632 e. The SMILES string of the molecule is NCc1cccc(C2CCN(C(=O)c3cccc(-c4cccc(B5Oc6ccc7c(C(=O)N8CCC(c9cccc(CN)c9)CC8)cc(=O)oc7c6O5)c4)c3)CC2)c1. The van der Waals surface area contributed by atoms with Gasteiger partial charge in [0.1, 0.15) is 5.75 Å². The molecule has 5 aromatic carbocycles. The van der Waals surface area contributed by atoms with Gasteiger partial charge in [-0.25, -0.2) is 4.79 Å². The Bertz CT molecular complexity index is 2580. The average Bonchev–Trinajstić information content (AvgIpc) is 3.74. The van der Waals surface area contributed by atoms with Crippen LogP contribution in [-0.2, 0) is 13.1 Å². The van der Waals surface area contributed by atoms with E-state index in [1.807, 2.05) is 70.5 Å². The molecule has 0 bridgehead atoms. The summed E-state index contributed by atoms with van der Waals surface area (Å²) in [5.41, 5.74) is 19.5. The molecule has 1 aromatic heterocycles. The first-order chi connectivity index (χ1) is 28.3. The second-order valence-corrected chi connectivity index (χ2v) is 15.6. The van der Waals surface area contributed by atoms with Gasteiger partial charge in [-0.15, -0.1) is 0 Å². The number of amides is 2. The van der Waals surface area contributed by atoms with Crippen LogP contribution in [0, 0.1) is 0 Å². The first kappa shape index (κ1) is 37.4. The normalized spacial score (nSPS) is 15.9. The molecule has 0 radical (unpaired) electrons. The van der Waals surface area contributed by atoms with E-state index in [9.17, 15) is 14.4 Å². The quantitative estimate of drug-likeness (QED) is 0.131. The molecule has 3 aliphatic heterocycles. The standard InChI is InChI=1S/C47H45BN4O6/c49-28-30-5-1-7-34(23-30)32-15-19-51(20-16-32)46(54)38-11-3-9-36(25-38)37-10-4-12-39(26-37)48-57-42-14-13-40-41(27-43(53)56-44(40)45(42)58-48)47(55)52-21-17-33(18-22-52)35-8-2-6-31(24-35)29-50/h1-14,23-27,32-33H,15-22,28-29,49-50H2. The lowest BCUT2D eigenvalue weighted by atomic mass is 9.78. The number of hydrogen-bond acceptors (Lipinski definition) is 8. The molecule has 0 unspecified atom stereocenters. The van der Waals surface area contributed by atoms with Crippen LogP contribution in [0.1, 0.15) is 80.5 Å². The number of piperidine rings is 2. The number of hydrogen-bond donors (Lipinski definition) is 2. The zero-order valence-corrected chi connectivity index (χ0v) is 32.3. The van der Waals surface area contributed by atoms with Crippen molar-refractivity contribution in [2.45, 2.75) is 50.6 Å². The van der Waals surface area contributed by atoms with E-state index in [2.05, 4.69) is 36.4 Å². The molecule has 10 nitrogen and oxygen atoms in total. The Morgan fingerprint density at radius 1 is 0.638 bits per heavy atom. The van der Waals surface area contributed by atoms with Gasteiger partial charge in [0.2, 0.25) is 0 Å². The Morgan fingerprint density at radius 3 is 1.86 bits per heavy atom. The number of benzene rings is 5. The van der Waals surface area contributed by atoms with Gasteiger partial charge in [-0.05, 0) is 95.2 Å². The summed E-state index contributed by atoms with van der Waals surface area (Å²) in [5.74, 6) is 1.25. The van der Waals surface area contributed by atoms with Crippen molar-refractivity contribution in [3.8, 4) is 22.6 Å². The Kier molecular flexibility index (Phi) is 10.3. The molecule has 0 spiro atoms. The summed E-state index contributed by atoms with van der Waals surface area (Å²) >= 11 is 0. The number of nitrogens with two attached hydrogens (primary N) is 2. The minimum Gasteiger partial charge on any atom is -0.519 e. The van der Waals surface area contributed by atoms with Crippen molar-refractivity contribution >= 4 is 35.4 Å². The van der Waals surface area contributed by atoms with Crippen LogP contribution in [0.3, 0.4) is 0 Å². The monoisotopic (exact) mass is 772 g/mol. The Hall–Kier alpha value is -6.17. The van der Waals surface area contributed by atoms with E-state index in [0.717, 1.165) is 53.4 Å². The van der Waals surface area contributed by atoms with Crippen LogP contribution in [0.25, 0.3) is 22.1 Å². The summed E-state index contributed by atoms with van der Waals surface area (Å²) in [7, 11) is -0.821. The van der Waals surface area contributed by atoms with Gasteiger partial charge in [-0.2, -0.15) is 0 Å². The maximum absolute atomic E-state index is 13.9. The minimum atomic E-state index is -0.821. The first-order valence-electron chi connectivity index (χ1n) is 20.2. The van der Waals surface area contributed by atoms with E-state index >= 15 is 0 Å². The summed E-state index contributed by atoms with van der Waals surface area (Å²) in [5, 5.41) is 0.491. The van der Waals surface area contributed by atoms with Crippen molar-refractivity contribution in [2.75, 3.05) is 26.2 Å². The van der Waals surface area contributed by atoms with Gasteiger partial charge in [-0.3, -0.25) is 9.59 Å². The van der Waals surface area contributed by atoms with Gasteiger partial charge >= 0.3 is 12.7 Å². The third kappa shape index (κ3) is 7.39. The Labute approximate surface area is 337 Å². The van der Waals surface area contributed by atoms with Crippen LogP contribution < -0.4 is 31.9 Å². The molecule has 3 aliphatic rings. The second kappa shape index (κ2) is 16.0. The molecule has 0 aliphatic carbocycles. The van der Waals surface area contributed by atoms with Gasteiger partial charge in [0, 0.05) is 61.7 Å². The van der Waals surface area contributed by atoms with Gasteiger partial charge in [0.25, 0.3) is 11.8 Å². The van der Waals surface area contributed by atoms with Gasteiger partial charge < -0.3 is 35.0 Å². The lowest BCUT2D eigenvalue weighted by Crippen LogP contribution is -2.39. The lowest BCUT2D eigenvalue weighted by molar-refractivity contribution is 0.0706. The molecule has 2 amide bonds. The highest BCUT2D eigenvalue weighted by atomic mass is 16.6. The molecule has 0 atom stereocenters. The Balaban J connectivity index is 0.888. The molecule has 0 saturated carbocycles. The molecule has 58 heavy (non-hydrogen) atoms. The average molecular weight is 773 g/mol. The van der Waals surface area contributed by atoms with Crippen molar-refractivity contribution < 1.29 is 23.3 Å². The topological polar surface area (TPSA) is 141 Å². The van der Waals surface area contributed by atoms with E-state index in [1.54, 1.807) is 12.1 Å². The van der Waals surface area contributed by atoms with Crippen molar-refractivity contribution in [2.24, 2.45) is 11.5 Å². The van der Waals surface area contributed by atoms with Crippen molar-refractivity contribution in [3.05, 3.63) is 159 Å². The van der Waals surface area contributed by atoms with Crippen molar-refractivity contribution in [1.82, 2.24) is 9.80 Å². The fourth-order valence-electron chi connectivity index (χ4n) is 8.78. The highest BCUT2D eigenvalue weighted by Crippen LogP contribution is 2.41. The number of likely N-dealkylation sites (tertiary alicyclic amines) is 2. The summed E-state index contributed by atoms with van der Waals surface area (Å²) in [4.78, 5) is 44.3. The first-order valence-corrected chi connectivity index (χ1v) is 20.2. The molecule has 9 rings (SSSR count). The predicted octanol–water partition coefficient (Wildman–Crippen LogP) is 6.58. The molecular weight excluding hydrogens is 727 g/mol. The molecular formula is C47H45BN4O6. The van der Waals surface area contributed by atoms with E-state index in [4.69, 9.17) is 25.2 Å². The molecule has 2 fully saturated rings. The van der Waals surface area contributed by atoms with E-state index in [0.29, 0.717) is 67.8 Å². The third-order valence-electron chi connectivity index (χ3n) is 12.0. The highest BCUT2D eigenvalue weighted by molar-refractivity contribution is 6.64.